The van der Waals surface area contributed by atoms with Gasteiger partial charge in [0.1, 0.15) is 5.82 Å². The highest BCUT2D eigenvalue weighted by molar-refractivity contribution is 7.98. The molecule has 0 aliphatic heterocycles. The van der Waals surface area contributed by atoms with Crippen molar-refractivity contribution in [1.82, 2.24) is 9.55 Å². The van der Waals surface area contributed by atoms with E-state index in [1.807, 2.05) is 18.2 Å². The van der Waals surface area contributed by atoms with Crippen molar-refractivity contribution < 1.29 is 0 Å². The second-order valence-corrected chi connectivity index (χ2v) is 5.60. The molecule has 4 heteroatoms. The molecule has 0 amide bonds. The Morgan fingerprint density at radius 2 is 1.95 bits per heavy atom. The van der Waals surface area contributed by atoms with Crippen molar-refractivity contribution in [3.05, 3.63) is 48.0 Å². The minimum absolute atomic E-state index is 0.646. The maximum Gasteiger partial charge on any atom is 0.141 e. The van der Waals surface area contributed by atoms with E-state index in [2.05, 4.69) is 48.1 Å². The first-order valence-corrected chi connectivity index (χ1v) is 8.04. The van der Waals surface area contributed by atoms with Gasteiger partial charge in [0.05, 0.1) is 22.7 Å². The highest BCUT2D eigenvalue weighted by atomic mass is 32.2. The van der Waals surface area contributed by atoms with Crippen LogP contribution in [0.1, 0.15) is 12.5 Å². The SMILES string of the molecule is CCn1c(-c2ccc(SC)cc2)nc2cc(C#N)ccc21. The first-order chi connectivity index (χ1) is 10.3. The molecule has 0 aliphatic rings. The van der Waals surface area contributed by atoms with Gasteiger partial charge in [0, 0.05) is 17.0 Å². The lowest BCUT2D eigenvalue weighted by atomic mass is 10.2. The maximum atomic E-state index is 9.02. The van der Waals surface area contributed by atoms with E-state index in [9.17, 15) is 0 Å². The molecule has 0 N–H and O–H groups in total. The van der Waals surface area contributed by atoms with Gasteiger partial charge in [-0.25, -0.2) is 4.98 Å². The summed E-state index contributed by atoms with van der Waals surface area (Å²) in [5.74, 6) is 0.954. The summed E-state index contributed by atoms with van der Waals surface area (Å²) in [5.41, 5.74) is 3.69. The van der Waals surface area contributed by atoms with E-state index in [1.165, 1.54) is 4.90 Å². The molecule has 104 valence electrons. The summed E-state index contributed by atoms with van der Waals surface area (Å²) in [7, 11) is 0. The lowest BCUT2D eigenvalue weighted by Crippen LogP contribution is -1.97. The molecule has 1 heterocycles. The summed E-state index contributed by atoms with van der Waals surface area (Å²) >= 11 is 1.73. The molecule has 0 atom stereocenters. The number of imidazole rings is 1. The van der Waals surface area contributed by atoms with Crippen LogP contribution in [0.2, 0.25) is 0 Å². The quantitative estimate of drug-likeness (QED) is 0.675. The Morgan fingerprint density at radius 1 is 1.19 bits per heavy atom. The van der Waals surface area contributed by atoms with E-state index in [0.717, 1.165) is 29.0 Å². The van der Waals surface area contributed by atoms with Crippen LogP contribution in [0.25, 0.3) is 22.4 Å². The fourth-order valence-corrected chi connectivity index (χ4v) is 2.89. The lowest BCUT2D eigenvalue weighted by molar-refractivity contribution is 0.796. The molecule has 0 radical (unpaired) electrons. The van der Waals surface area contributed by atoms with Crippen LogP contribution in [-0.2, 0) is 6.54 Å². The number of hydrogen-bond acceptors (Lipinski definition) is 3. The van der Waals surface area contributed by atoms with Crippen LogP contribution >= 0.6 is 11.8 Å². The molecule has 3 nitrogen and oxygen atoms in total. The predicted octanol–water partition coefficient (Wildman–Crippen LogP) is 4.32. The van der Waals surface area contributed by atoms with Crippen LogP contribution in [0.15, 0.2) is 47.4 Å². The van der Waals surface area contributed by atoms with Crippen LogP contribution < -0.4 is 0 Å². The number of nitrogens with zero attached hydrogens (tertiary/aromatic N) is 3. The first kappa shape index (κ1) is 13.7. The highest BCUT2D eigenvalue weighted by Crippen LogP contribution is 2.27. The van der Waals surface area contributed by atoms with E-state index >= 15 is 0 Å². The molecule has 21 heavy (non-hydrogen) atoms. The van der Waals surface area contributed by atoms with E-state index in [1.54, 1.807) is 11.8 Å². The molecular formula is C17H15N3S. The molecule has 1 aromatic heterocycles. The number of nitriles is 1. The third kappa shape index (κ3) is 2.41. The van der Waals surface area contributed by atoms with Gasteiger partial charge in [-0.1, -0.05) is 12.1 Å². The third-order valence-electron chi connectivity index (χ3n) is 3.54. The molecule has 3 aromatic rings. The average Bonchev–Trinajstić information content (AvgIpc) is 2.92. The Kier molecular flexibility index (Phi) is 3.68. The molecule has 0 saturated carbocycles. The van der Waals surface area contributed by atoms with Gasteiger partial charge in [0.15, 0.2) is 0 Å². The Morgan fingerprint density at radius 3 is 2.57 bits per heavy atom. The molecule has 0 unspecified atom stereocenters. The van der Waals surface area contributed by atoms with Crippen molar-refractivity contribution >= 4 is 22.8 Å². The molecular weight excluding hydrogens is 278 g/mol. The smallest absolute Gasteiger partial charge is 0.141 e. The molecule has 2 aromatic carbocycles. The van der Waals surface area contributed by atoms with E-state index in [4.69, 9.17) is 10.2 Å². The Hall–Kier alpha value is -2.25. The largest absolute Gasteiger partial charge is 0.324 e. The fraction of sp³-hybridized carbons (Fsp3) is 0.176. The van der Waals surface area contributed by atoms with Gasteiger partial charge < -0.3 is 4.57 Å². The van der Waals surface area contributed by atoms with Crippen molar-refractivity contribution in [3.8, 4) is 17.5 Å². The van der Waals surface area contributed by atoms with Crippen molar-refractivity contribution in [2.45, 2.75) is 18.4 Å². The summed E-state index contributed by atoms with van der Waals surface area (Å²) in [5, 5.41) is 9.02. The monoisotopic (exact) mass is 293 g/mol. The van der Waals surface area contributed by atoms with Crippen molar-refractivity contribution in [3.63, 3.8) is 0 Å². The highest BCUT2D eigenvalue weighted by Gasteiger charge is 2.11. The summed E-state index contributed by atoms with van der Waals surface area (Å²) in [6, 6.07) is 16.3. The van der Waals surface area contributed by atoms with Crippen molar-refractivity contribution in [1.29, 1.82) is 5.26 Å². The second kappa shape index (κ2) is 5.63. The summed E-state index contributed by atoms with van der Waals surface area (Å²) < 4.78 is 2.19. The molecule has 0 aliphatic carbocycles. The topological polar surface area (TPSA) is 41.6 Å². The van der Waals surface area contributed by atoms with Gasteiger partial charge in [-0.05, 0) is 43.5 Å². The number of aryl methyl sites for hydroxylation is 1. The number of thioether (sulfide) groups is 1. The number of hydrogen-bond donors (Lipinski definition) is 0. The van der Waals surface area contributed by atoms with Gasteiger partial charge in [-0.3, -0.25) is 0 Å². The number of rotatable bonds is 3. The first-order valence-electron chi connectivity index (χ1n) is 6.81. The van der Waals surface area contributed by atoms with E-state index in [-0.39, 0.29) is 0 Å². The zero-order valence-corrected chi connectivity index (χ0v) is 12.8. The number of benzene rings is 2. The van der Waals surface area contributed by atoms with Crippen LogP contribution in [0, 0.1) is 11.3 Å². The molecule has 0 bridgehead atoms. The van der Waals surface area contributed by atoms with Gasteiger partial charge >= 0.3 is 0 Å². The minimum Gasteiger partial charge on any atom is -0.324 e. The van der Waals surface area contributed by atoms with E-state index < -0.39 is 0 Å². The molecule has 0 spiro atoms. The average molecular weight is 293 g/mol. The fourth-order valence-electron chi connectivity index (χ4n) is 2.48. The Bertz CT molecular complexity index is 826. The van der Waals surface area contributed by atoms with Crippen LogP contribution in [0.5, 0.6) is 0 Å². The maximum absolute atomic E-state index is 9.02. The van der Waals surface area contributed by atoms with Crippen LogP contribution in [0.4, 0.5) is 0 Å². The lowest BCUT2D eigenvalue weighted by Gasteiger charge is -2.06. The van der Waals surface area contributed by atoms with Gasteiger partial charge in [0.25, 0.3) is 0 Å². The van der Waals surface area contributed by atoms with Crippen LogP contribution in [-0.4, -0.2) is 15.8 Å². The van der Waals surface area contributed by atoms with Crippen molar-refractivity contribution in [2.24, 2.45) is 0 Å². The third-order valence-corrected chi connectivity index (χ3v) is 4.29. The Balaban J connectivity index is 2.18. The van der Waals surface area contributed by atoms with Crippen molar-refractivity contribution in [2.75, 3.05) is 6.26 Å². The predicted molar refractivity (Wildman–Crippen MR) is 87.3 cm³/mol. The van der Waals surface area contributed by atoms with Crippen LogP contribution in [0.3, 0.4) is 0 Å². The Labute approximate surface area is 128 Å². The standard InChI is InChI=1S/C17H15N3S/c1-3-20-16-9-4-12(11-18)10-15(16)19-17(20)13-5-7-14(21-2)8-6-13/h4-10H,3H2,1-2H3. The minimum atomic E-state index is 0.646. The summed E-state index contributed by atoms with van der Waals surface area (Å²) in [6.07, 6.45) is 2.07. The number of fused-ring (bicyclic) bond motifs is 1. The zero-order chi connectivity index (χ0) is 14.8. The molecule has 0 saturated heterocycles. The van der Waals surface area contributed by atoms with Gasteiger partial charge in [-0.2, -0.15) is 5.26 Å². The second-order valence-electron chi connectivity index (χ2n) is 4.72. The summed E-state index contributed by atoms with van der Waals surface area (Å²) in [4.78, 5) is 5.96. The van der Waals surface area contributed by atoms with Gasteiger partial charge in [-0.15, -0.1) is 11.8 Å². The van der Waals surface area contributed by atoms with Gasteiger partial charge in [0.2, 0.25) is 0 Å². The van der Waals surface area contributed by atoms with E-state index in [0.29, 0.717) is 5.56 Å². The normalized spacial score (nSPS) is 10.7. The summed E-state index contributed by atoms with van der Waals surface area (Å²) in [6.45, 7) is 2.96. The number of aromatic nitrogens is 2. The molecule has 3 rings (SSSR count). The molecule has 0 fully saturated rings. The zero-order valence-electron chi connectivity index (χ0n) is 12.0.